The first-order chi connectivity index (χ1) is 14.5. The highest BCUT2D eigenvalue weighted by Gasteiger charge is 2.25. The number of pyridine rings is 1. The average Bonchev–Trinajstić information content (AvgIpc) is 3.34. The zero-order valence-corrected chi connectivity index (χ0v) is 18.4. The Kier molecular flexibility index (Phi) is 5.82. The summed E-state index contributed by atoms with van der Waals surface area (Å²) in [7, 11) is 0. The predicted octanol–water partition coefficient (Wildman–Crippen LogP) is 3.47. The van der Waals surface area contributed by atoms with Crippen molar-refractivity contribution in [1.29, 1.82) is 0 Å². The summed E-state index contributed by atoms with van der Waals surface area (Å²) in [5.41, 5.74) is -0.0250. The van der Waals surface area contributed by atoms with Crippen molar-refractivity contribution in [2.45, 2.75) is 13.8 Å². The number of thiophene rings is 1. The van der Waals surface area contributed by atoms with Gasteiger partial charge < -0.3 is 14.7 Å². The lowest BCUT2D eigenvalue weighted by molar-refractivity contribution is -0.385. The van der Waals surface area contributed by atoms with Crippen molar-refractivity contribution >= 4 is 54.7 Å². The molecule has 3 aromatic rings. The fourth-order valence-electron chi connectivity index (χ4n) is 3.43. The predicted molar refractivity (Wildman–Crippen MR) is 120 cm³/mol. The van der Waals surface area contributed by atoms with Gasteiger partial charge in [-0.2, -0.15) is 0 Å². The highest BCUT2D eigenvalue weighted by atomic mass is 32.1. The minimum atomic E-state index is -0.459. The van der Waals surface area contributed by atoms with E-state index in [1.54, 1.807) is 17.4 Å². The molecule has 4 rings (SSSR count). The third-order valence-corrected chi connectivity index (χ3v) is 7.37. The molecular weight excluding hydrogens is 424 g/mol. The van der Waals surface area contributed by atoms with Crippen LogP contribution >= 0.6 is 22.7 Å². The van der Waals surface area contributed by atoms with E-state index in [4.69, 9.17) is 4.98 Å². The monoisotopic (exact) mass is 446 g/mol. The van der Waals surface area contributed by atoms with Crippen LogP contribution in [0.1, 0.15) is 23.5 Å². The molecule has 0 aromatic carbocycles. The second kappa shape index (κ2) is 8.52. The third-order valence-electron chi connectivity index (χ3n) is 5.16. The Hall–Kier alpha value is -2.79. The number of hydrogen-bond donors (Lipinski definition) is 0. The number of fused-ring (bicyclic) bond motifs is 1. The fourth-order valence-corrected chi connectivity index (χ4v) is 5.73. The zero-order chi connectivity index (χ0) is 21.3. The first-order valence-electron chi connectivity index (χ1n) is 9.80. The lowest BCUT2D eigenvalue weighted by Crippen LogP contribution is -2.48. The van der Waals surface area contributed by atoms with Crippen LogP contribution in [0.2, 0.25) is 0 Å². The van der Waals surface area contributed by atoms with Gasteiger partial charge in [0, 0.05) is 45.3 Å². The van der Waals surface area contributed by atoms with Crippen molar-refractivity contribution in [3.63, 3.8) is 0 Å². The molecule has 0 aliphatic carbocycles. The van der Waals surface area contributed by atoms with Crippen LogP contribution < -0.4 is 9.80 Å². The van der Waals surface area contributed by atoms with Gasteiger partial charge in [-0.3, -0.25) is 14.9 Å². The van der Waals surface area contributed by atoms with Crippen molar-refractivity contribution in [2.24, 2.45) is 0 Å². The van der Waals surface area contributed by atoms with Crippen LogP contribution in [0.4, 0.5) is 16.6 Å². The van der Waals surface area contributed by atoms with Gasteiger partial charge in [0.25, 0.3) is 11.6 Å². The number of hydrogen-bond acceptors (Lipinski definition) is 9. The van der Waals surface area contributed by atoms with E-state index in [0.717, 1.165) is 32.6 Å². The van der Waals surface area contributed by atoms with Crippen LogP contribution in [0, 0.1) is 10.1 Å². The number of thiazole rings is 1. The van der Waals surface area contributed by atoms with Crippen molar-refractivity contribution in [3.8, 4) is 0 Å². The van der Waals surface area contributed by atoms with Crippen LogP contribution in [0.25, 0.3) is 9.53 Å². The summed E-state index contributed by atoms with van der Waals surface area (Å²) in [6, 6.07) is 5.07. The van der Waals surface area contributed by atoms with Gasteiger partial charge in [0.1, 0.15) is 16.8 Å². The molecule has 1 aliphatic rings. The van der Waals surface area contributed by atoms with Gasteiger partial charge in [0.15, 0.2) is 5.13 Å². The average molecular weight is 447 g/mol. The zero-order valence-electron chi connectivity index (χ0n) is 16.8. The highest BCUT2D eigenvalue weighted by Crippen LogP contribution is 2.35. The standard InChI is InChI=1S/C19H22N6O3S2/c1-3-22(4-2)19-21-17-14(30-19)11-15(29-17)18(26)24-9-7-23(8-10-24)16-6-5-13(12-20-16)25(27)28/h5-6,11-12H,3-4,7-10H2,1-2H3. The second-order valence-corrected chi connectivity index (χ2v) is 8.90. The Balaban J connectivity index is 1.40. The van der Waals surface area contributed by atoms with Crippen LogP contribution in [-0.4, -0.2) is 65.0 Å². The molecule has 9 nitrogen and oxygen atoms in total. The van der Waals surface area contributed by atoms with Crippen LogP contribution in [-0.2, 0) is 0 Å². The minimum absolute atomic E-state index is 0.0250. The van der Waals surface area contributed by atoms with E-state index < -0.39 is 4.92 Å². The van der Waals surface area contributed by atoms with Crippen molar-refractivity contribution in [2.75, 3.05) is 49.1 Å². The van der Waals surface area contributed by atoms with Crippen LogP contribution in [0.3, 0.4) is 0 Å². The molecule has 0 bridgehead atoms. The first kappa shape index (κ1) is 20.5. The van der Waals surface area contributed by atoms with Gasteiger partial charge in [-0.25, -0.2) is 9.97 Å². The fraction of sp³-hybridized carbons (Fsp3) is 0.421. The normalized spacial score (nSPS) is 14.3. The molecule has 3 aromatic heterocycles. The number of nitro groups is 1. The summed E-state index contributed by atoms with van der Waals surface area (Å²) in [6.45, 7) is 8.50. The molecule has 1 saturated heterocycles. The summed E-state index contributed by atoms with van der Waals surface area (Å²) in [4.78, 5) is 39.9. The quantitative estimate of drug-likeness (QED) is 0.422. The van der Waals surface area contributed by atoms with Gasteiger partial charge >= 0.3 is 0 Å². The Morgan fingerprint density at radius 2 is 1.93 bits per heavy atom. The van der Waals surface area contributed by atoms with Crippen molar-refractivity contribution in [1.82, 2.24) is 14.9 Å². The Morgan fingerprint density at radius 1 is 1.20 bits per heavy atom. The summed E-state index contributed by atoms with van der Waals surface area (Å²) >= 11 is 3.08. The number of aromatic nitrogens is 2. The molecule has 0 unspecified atom stereocenters. The number of nitrogens with zero attached hydrogens (tertiary/aromatic N) is 6. The van der Waals surface area contributed by atoms with Crippen molar-refractivity contribution in [3.05, 3.63) is 39.4 Å². The maximum atomic E-state index is 13.0. The Labute approximate surface area is 181 Å². The molecule has 11 heteroatoms. The smallest absolute Gasteiger partial charge is 0.287 e. The SMILES string of the molecule is CCN(CC)c1nc2sc(C(=O)N3CCN(c4ccc([N+](=O)[O-])cn4)CC3)cc2s1. The summed E-state index contributed by atoms with van der Waals surface area (Å²) in [6.07, 6.45) is 1.27. The summed E-state index contributed by atoms with van der Waals surface area (Å²) < 4.78 is 1.05. The maximum Gasteiger partial charge on any atom is 0.287 e. The van der Waals surface area contributed by atoms with E-state index in [2.05, 4.69) is 23.7 Å². The maximum absolute atomic E-state index is 13.0. The molecule has 0 saturated carbocycles. The largest absolute Gasteiger partial charge is 0.353 e. The van der Waals surface area contributed by atoms with E-state index in [9.17, 15) is 14.9 Å². The number of amides is 1. The van der Waals surface area contributed by atoms with Gasteiger partial charge in [-0.1, -0.05) is 11.3 Å². The first-order valence-corrected chi connectivity index (χ1v) is 11.4. The lowest BCUT2D eigenvalue weighted by atomic mass is 10.2. The van der Waals surface area contributed by atoms with Gasteiger partial charge in [-0.05, 0) is 26.0 Å². The molecule has 158 valence electrons. The van der Waals surface area contributed by atoms with E-state index >= 15 is 0 Å². The van der Waals surface area contributed by atoms with Gasteiger partial charge in [0.05, 0.1) is 14.5 Å². The number of carbonyl (C=O) groups excluding carboxylic acids is 1. The minimum Gasteiger partial charge on any atom is -0.353 e. The van der Waals surface area contributed by atoms with Gasteiger partial charge in [-0.15, -0.1) is 11.3 Å². The van der Waals surface area contributed by atoms with Crippen LogP contribution in [0.15, 0.2) is 24.4 Å². The number of piperazine rings is 1. The van der Waals surface area contributed by atoms with E-state index in [0.29, 0.717) is 32.0 Å². The molecule has 30 heavy (non-hydrogen) atoms. The molecule has 0 radical (unpaired) electrons. The third kappa shape index (κ3) is 3.94. The number of rotatable bonds is 6. The van der Waals surface area contributed by atoms with Crippen LogP contribution in [0.5, 0.6) is 0 Å². The van der Waals surface area contributed by atoms with E-state index in [1.807, 2.05) is 15.9 Å². The molecule has 4 heterocycles. The topological polar surface area (TPSA) is 95.7 Å². The molecule has 1 aliphatic heterocycles. The Morgan fingerprint density at radius 3 is 2.50 bits per heavy atom. The van der Waals surface area contributed by atoms with Gasteiger partial charge in [0.2, 0.25) is 0 Å². The lowest BCUT2D eigenvalue weighted by Gasteiger charge is -2.35. The van der Waals surface area contributed by atoms with E-state index in [1.165, 1.54) is 23.6 Å². The van der Waals surface area contributed by atoms with Crippen molar-refractivity contribution < 1.29 is 9.72 Å². The molecule has 1 fully saturated rings. The molecular formula is C19H22N6O3S2. The number of carbonyl (C=O) groups is 1. The van der Waals surface area contributed by atoms with E-state index in [-0.39, 0.29) is 11.6 Å². The molecule has 0 spiro atoms. The summed E-state index contributed by atoms with van der Waals surface area (Å²) in [5, 5.41) is 11.8. The second-order valence-electron chi connectivity index (χ2n) is 6.86. The highest BCUT2D eigenvalue weighted by molar-refractivity contribution is 7.29. The molecule has 0 atom stereocenters. The number of anilines is 2. The molecule has 1 amide bonds. The molecule has 0 N–H and O–H groups in total. The Bertz CT molecular complexity index is 1020. The summed E-state index contributed by atoms with van der Waals surface area (Å²) in [5.74, 6) is 0.725.